The van der Waals surface area contributed by atoms with Crippen LogP contribution >= 0.6 is 28.3 Å². The van der Waals surface area contributed by atoms with E-state index in [1.54, 1.807) is 0 Å². The number of nitrogens with zero attached hydrogens (tertiary/aromatic N) is 1. The van der Waals surface area contributed by atoms with Crippen molar-refractivity contribution in [3.63, 3.8) is 0 Å². The standard InChI is InChI=1S/C14H17BrF3NO.ClH/c15-12-2-1-3-13(8-12)20-9-11-4-6-19(7-5-11)10-14(16,17)18;/h1-3,8,11H,4-7,9-10H2;1H. The molecule has 1 aromatic carbocycles. The van der Waals surface area contributed by atoms with Crippen molar-refractivity contribution in [3.8, 4) is 5.75 Å². The van der Waals surface area contributed by atoms with Gasteiger partial charge in [-0.2, -0.15) is 13.2 Å². The second kappa shape index (κ2) is 8.25. The zero-order valence-electron chi connectivity index (χ0n) is 11.4. The minimum absolute atomic E-state index is 0. The Kier molecular flexibility index (Phi) is 7.30. The average molecular weight is 389 g/mol. The Labute approximate surface area is 137 Å². The van der Waals surface area contributed by atoms with Crippen LogP contribution < -0.4 is 4.74 Å². The smallest absolute Gasteiger partial charge is 0.401 e. The maximum absolute atomic E-state index is 12.3. The van der Waals surface area contributed by atoms with Crippen LogP contribution in [0.25, 0.3) is 0 Å². The molecular weight excluding hydrogens is 371 g/mol. The van der Waals surface area contributed by atoms with E-state index in [4.69, 9.17) is 4.74 Å². The molecular formula is C14H18BrClF3NO. The highest BCUT2D eigenvalue weighted by Crippen LogP contribution is 2.24. The molecule has 7 heteroatoms. The van der Waals surface area contributed by atoms with Crippen molar-refractivity contribution in [2.45, 2.75) is 19.0 Å². The van der Waals surface area contributed by atoms with Crippen molar-refractivity contribution in [1.29, 1.82) is 0 Å². The van der Waals surface area contributed by atoms with E-state index in [9.17, 15) is 13.2 Å². The van der Waals surface area contributed by atoms with E-state index in [1.165, 1.54) is 4.90 Å². The van der Waals surface area contributed by atoms with Gasteiger partial charge in [-0.3, -0.25) is 4.90 Å². The lowest BCUT2D eigenvalue weighted by Crippen LogP contribution is -2.41. The van der Waals surface area contributed by atoms with E-state index >= 15 is 0 Å². The van der Waals surface area contributed by atoms with Crippen molar-refractivity contribution >= 4 is 28.3 Å². The maximum Gasteiger partial charge on any atom is 0.401 e. The fourth-order valence-corrected chi connectivity index (χ4v) is 2.71. The highest BCUT2D eigenvalue weighted by molar-refractivity contribution is 9.10. The summed E-state index contributed by atoms with van der Waals surface area (Å²) in [5, 5.41) is 0. The van der Waals surface area contributed by atoms with Crippen LogP contribution in [-0.2, 0) is 0 Å². The maximum atomic E-state index is 12.3. The summed E-state index contributed by atoms with van der Waals surface area (Å²) in [4.78, 5) is 1.47. The summed E-state index contributed by atoms with van der Waals surface area (Å²) in [6.45, 7) is 0.751. The molecule has 0 radical (unpaired) electrons. The van der Waals surface area contributed by atoms with Gasteiger partial charge in [-0.1, -0.05) is 22.0 Å². The van der Waals surface area contributed by atoms with Gasteiger partial charge in [0.25, 0.3) is 0 Å². The van der Waals surface area contributed by atoms with Gasteiger partial charge < -0.3 is 4.74 Å². The normalized spacial score (nSPS) is 17.3. The number of ether oxygens (including phenoxy) is 1. The van der Waals surface area contributed by atoms with Crippen molar-refractivity contribution in [2.24, 2.45) is 5.92 Å². The molecule has 0 amide bonds. The molecule has 0 spiro atoms. The van der Waals surface area contributed by atoms with Crippen LogP contribution in [0.1, 0.15) is 12.8 Å². The van der Waals surface area contributed by atoms with E-state index in [1.807, 2.05) is 24.3 Å². The van der Waals surface area contributed by atoms with Crippen LogP contribution in [0, 0.1) is 5.92 Å². The molecule has 2 rings (SSSR count). The summed E-state index contributed by atoms with van der Waals surface area (Å²) in [7, 11) is 0. The molecule has 0 saturated carbocycles. The third-order valence-corrected chi connectivity index (χ3v) is 3.89. The topological polar surface area (TPSA) is 12.5 Å². The van der Waals surface area contributed by atoms with Gasteiger partial charge in [0.2, 0.25) is 0 Å². The van der Waals surface area contributed by atoms with Gasteiger partial charge in [-0.05, 0) is 50.0 Å². The first-order chi connectivity index (χ1) is 9.42. The molecule has 21 heavy (non-hydrogen) atoms. The summed E-state index contributed by atoms with van der Waals surface area (Å²) in [5.74, 6) is 1.12. The third kappa shape index (κ3) is 6.89. The first-order valence-corrected chi connectivity index (χ1v) is 7.39. The largest absolute Gasteiger partial charge is 0.493 e. The van der Waals surface area contributed by atoms with E-state index in [-0.39, 0.29) is 12.4 Å². The number of benzene rings is 1. The summed E-state index contributed by atoms with van der Waals surface area (Å²) in [5.41, 5.74) is 0. The lowest BCUT2D eigenvalue weighted by molar-refractivity contribution is -0.148. The molecule has 1 aromatic rings. The van der Waals surface area contributed by atoms with Crippen molar-refractivity contribution < 1.29 is 17.9 Å². The molecule has 1 heterocycles. The predicted octanol–water partition coefficient (Wildman–Crippen LogP) is 4.52. The number of rotatable bonds is 4. The molecule has 0 unspecified atom stereocenters. The van der Waals surface area contributed by atoms with Gasteiger partial charge in [0, 0.05) is 4.47 Å². The quantitative estimate of drug-likeness (QED) is 0.752. The first-order valence-electron chi connectivity index (χ1n) is 6.60. The summed E-state index contributed by atoms with van der Waals surface area (Å²) in [6.07, 6.45) is -2.59. The van der Waals surface area contributed by atoms with Gasteiger partial charge >= 0.3 is 6.18 Å². The fraction of sp³-hybridized carbons (Fsp3) is 0.571. The van der Waals surface area contributed by atoms with Crippen molar-refractivity contribution in [3.05, 3.63) is 28.7 Å². The molecule has 1 saturated heterocycles. The highest BCUT2D eigenvalue weighted by atomic mass is 79.9. The van der Waals surface area contributed by atoms with Crippen LogP contribution in [0.15, 0.2) is 28.7 Å². The summed E-state index contributed by atoms with van der Waals surface area (Å²) < 4.78 is 43.5. The number of alkyl halides is 3. The molecule has 1 aliphatic rings. The highest BCUT2D eigenvalue weighted by Gasteiger charge is 2.32. The molecule has 120 valence electrons. The fourth-order valence-electron chi connectivity index (χ4n) is 2.34. The number of piperidine rings is 1. The summed E-state index contributed by atoms with van der Waals surface area (Å²) >= 11 is 3.37. The molecule has 0 atom stereocenters. The minimum atomic E-state index is -4.10. The molecule has 1 fully saturated rings. The van der Waals surface area contributed by atoms with E-state index in [0.717, 1.165) is 23.1 Å². The van der Waals surface area contributed by atoms with Crippen LogP contribution in [0.2, 0.25) is 0 Å². The molecule has 1 aliphatic heterocycles. The van der Waals surface area contributed by atoms with Crippen LogP contribution in [-0.4, -0.2) is 37.3 Å². The Hall–Kier alpha value is -0.460. The molecule has 0 bridgehead atoms. The monoisotopic (exact) mass is 387 g/mol. The van der Waals surface area contributed by atoms with Crippen LogP contribution in [0.5, 0.6) is 5.75 Å². The SMILES string of the molecule is Cl.FC(F)(F)CN1CCC(COc2cccc(Br)c2)CC1. The zero-order chi connectivity index (χ0) is 14.6. The second-order valence-corrected chi connectivity index (χ2v) is 6.02. The van der Waals surface area contributed by atoms with Crippen molar-refractivity contribution in [1.82, 2.24) is 4.90 Å². The van der Waals surface area contributed by atoms with Crippen LogP contribution in [0.3, 0.4) is 0 Å². The second-order valence-electron chi connectivity index (χ2n) is 5.10. The van der Waals surface area contributed by atoms with E-state index in [2.05, 4.69) is 15.9 Å². The first kappa shape index (κ1) is 18.6. The molecule has 0 aromatic heterocycles. The van der Waals surface area contributed by atoms with Gasteiger partial charge in [-0.15, -0.1) is 12.4 Å². The number of likely N-dealkylation sites (tertiary alicyclic amines) is 1. The zero-order valence-corrected chi connectivity index (χ0v) is 13.8. The number of halogens is 5. The van der Waals surface area contributed by atoms with Gasteiger partial charge in [0.15, 0.2) is 0 Å². The van der Waals surface area contributed by atoms with Crippen LogP contribution in [0.4, 0.5) is 13.2 Å². The Morgan fingerprint density at radius 3 is 2.48 bits per heavy atom. The molecule has 0 N–H and O–H groups in total. The molecule has 2 nitrogen and oxygen atoms in total. The van der Waals surface area contributed by atoms with Gasteiger partial charge in [0.1, 0.15) is 5.75 Å². The number of hydrogen-bond acceptors (Lipinski definition) is 2. The Bertz CT molecular complexity index is 436. The van der Waals surface area contributed by atoms with Gasteiger partial charge in [-0.25, -0.2) is 0 Å². The Morgan fingerprint density at radius 2 is 1.90 bits per heavy atom. The van der Waals surface area contributed by atoms with E-state index in [0.29, 0.717) is 25.6 Å². The van der Waals surface area contributed by atoms with Crippen molar-refractivity contribution in [2.75, 3.05) is 26.2 Å². The predicted molar refractivity (Wildman–Crippen MR) is 82.1 cm³/mol. The summed E-state index contributed by atoms with van der Waals surface area (Å²) in [6, 6.07) is 7.58. The molecule has 0 aliphatic carbocycles. The van der Waals surface area contributed by atoms with Gasteiger partial charge in [0.05, 0.1) is 13.2 Å². The minimum Gasteiger partial charge on any atom is -0.493 e. The third-order valence-electron chi connectivity index (χ3n) is 3.39. The lowest BCUT2D eigenvalue weighted by atomic mass is 9.98. The Morgan fingerprint density at radius 1 is 1.24 bits per heavy atom. The van der Waals surface area contributed by atoms with E-state index < -0.39 is 12.7 Å². The average Bonchev–Trinajstić information content (AvgIpc) is 2.36. The lowest BCUT2D eigenvalue weighted by Gasteiger charge is -2.32. The Balaban J connectivity index is 0.00000220. The number of hydrogen-bond donors (Lipinski definition) is 0.